The highest BCUT2D eigenvalue weighted by molar-refractivity contribution is 6.43. The average molecular weight is 410 g/mol. The Kier molecular flexibility index (Phi) is 7.03. The molecule has 8 heteroatoms. The highest BCUT2D eigenvalue weighted by atomic mass is 16.5. The number of hydrogen-bond donors (Lipinski definition) is 2. The number of nitrogens with zero attached hydrogens (tertiary/aromatic N) is 2. The van der Waals surface area contributed by atoms with Crippen LogP contribution in [-0.2, 0) is 14.3 Å². The summed E-state index contributed by atoms with van der Waals surface area (Å²) in [5.41, 5.74) is 2.42. The Morgan fingerprint density at radius 3 is 1.83 bits per heavy atom. The first-order valence-corrected chi connectivity index (χ1v) is 9.89. The number of anilines is 3. The Balaban J connectivity index is 1.52. The molecule has 0 radical (unpaired) electrons. The second-order valence-electron chi connectivity index (χ2n) is 7.04. The first-order chi connectivity index (χ1) is 14.5. The van der Waals surface area contributed by atoms with Crippen LogP contribution in [0.1, 0.15) is 17.3 Å². The van der Waals surface area contributed by atoms with Crippen LogP contribution >= 0.6 is 0 Å². The molecular weight excluding hydrogens is 384 g/mol. The van der Waals surface area contributed by atoms with Gasteiger partial charge in [-0.05, 0) is 62.5 Å². The molecule has 2 aromatic rings. The number of rotatable bonds is 5. The number of piperazine rings is 1. The maximum atomic E-state index is 12.2. The van der Waals surface area contributed by atoms with Crippen molar-refractivity contribution in [3.05, 3.63) is 54.1 Å². The van der Waals surface area contributed by atoms with Crippen molar-refractivity contribution in [3.63, 3.8) is 0 Å². The molecule has 0 aliphatic carbocycles. The number of ether oxygens (including phenoxy) is 1. The molecule has 30 heavy (non-hydrogen) atoms. The minimum atomic E-state index is -0.790. The lowest BCUT2D eigenvalue weighted by Crippen LogP contribution is -2.44. The molecule has 1 aliphatic rings. The van der Waals surface area contributed by atoms with Gasteiger partial charge in [0.15, 0.2) is 0 Å². The molecule has 0 atom stereocenters. The monoisotopic (exact) mass is 410 g/mol. The Morgan fingerprint density at radius 2 is 1.33 bits per heavy atom. The van der Waals surface area contributed by atoms with Gasteiger partial charge in [-0.1, -0.05) is 0 Å². The summed E-state index contributed by atoms with van der Waals surface area (Å²) in [6.45, 7) is 5.96. The summed E-state index contributed by atoms with van der Waals surface area (Å²) in [4.78, 5) is 40.6. The Hall–Kier alpha value is -3.39. The van der Waals surface area contributed by atoms with Gasteiger partial charge in [0.1, 0.15) is 0 Å². The van der Waals surface area contributed by atoms with Crippen LogP contribution in [0.5, 0.6) is 0 Å². The first-order valence-electron chi connectivity index (χ1n) is 9.89. The summed E-state index contributed by atoms with van der Waals surface area (Å²) in [7, 11) is 2.11. The number of amides is 2. The normalized spacial score (nSPS) is 14.1. The van der Waals surface area contributed by atoms with Crippen LogP contribution in [-0.4, -0.2) is 62.5 Å². The standard InChI is InChI=1S/C22H26N4O4/c1-3-30-22(29)16-4-6-17(7-5-16)23-20(27)21(28)24-18-8-10-19(11-9-18)26-14-12-25(2)13-15-26/h4-11H,3,12-15H2,1-2H3,(H,23,27)(H,24,28). The van der Waals surface area contributed by atoms with E-state index in [1.54, 1.807) is 31.2 Å². The smallest absolute Gasteiger partial charge is 0.338 e. The van der Waals surface area contributed by atoms with Crippen LogP contribution in [0.15, 0.2) is 48.5 Å². The van der Waals surface area contributed by atoms with Gasteiger partial charge in [-0.15, -0.1) is 0 Å². The summed E-state index contributed by atoms with van der Waals surface area (Å²) in [6, 6.07) is 13.6. The fourth-order valence-corrected chi connectivity index (χ4v) is 3.10. The molecule has 2 aromatic carbocycles. The maximum Gasteiger partial charge on any atom is 0.338 e. The summed E-state index contributed by atoms with van der Waals surface area (Å²) in [5.74, 6) is -1.99. The zero-order chi connectivity index (χ0) is 21.5. The molecule has 1 aliphatic heterocycles. The lowest BCUT2D eigenvalue weighted by Gasteiger charge is -2.34. The summed E-state index contributed by atoms with van der Waals surface area (Å²) >= 11 is 0. The minimum Gasteiger partial charge on any atom is -0.462 e. The zero-order valence-electron chi connectivity index (χ0n) is 17.2. The van der Waals surface area contributed by atoms with E-state index in [0.29, 0.717) is 16.9 Å². The van der Waals surface area contributed by atoms with Gasteiger partial charge in [0.05, 0.1) is 12.2 Å². The second kappa shape index (κ2) is 9.89. The zero-order valence-corrected chi connectivity index (χ0v) is 17.2. The number of nitrogens with one attached hydrogen (secondary N) is 2. The van der Waals surface area contributed by atoms with E-state index in [0.717, 1.165) is 31.9 Å². The van der Waals surface area contributed by atoms with E-state index in [-0.39, 0.29) is 6.61 Å². The van der Waals surface area contributed by atoms with Crippen LogP contribution in [0.3, 0.4) is 0 Å². The Labute approximate surface area is 175 Å². The summed E-state index contributed by atoms with van der Waals surface area (Å²) in [6.07, 6.45) is 0. The number of carbonyl (C=O) groups is 3. The highest BCUT2D eigenvalue weighted by Crippen LogP contribution is 2.19. The quantitative estimate of drug-likeness (QED) is 0.580. The average Bonchev–Trinajstić information content (AvgIpc) is 2.75. The number of likely N-dealkylation sites (N-methyl/N-ethyl adjacent to an activating group) is 1. The van der Waals surface area contributed by atoms with Crippen molar-refractivity contribution in [2.24, 2.45) is 0 Å². The molecule has 1 heterocycles. The van der Waals surface area contributed by atoms with Crippen molar-refractivity contribution in [2.75, 3.05) is 55.4 Å². The number of carbonyl (C=O) groups excluding carboxylic acids is 3. The lowest BCUT2D eigenvalue weighted by molar-refractivity contribution is -0.132. The Morgan fingerprint density at radius 1 is 0.833 bits per heavy atom. The van der Waals surface area contributed by atoms with Crippen LogP contribution in [0, 0.1) is 0 Å². The van der Waals surface area contributed by atoms with E-state index in [4.69, 9.17) is 4.74 Å². The molecule has 1 fully saturated rings. The van der Waals surface area contributed by atoms with Crippen LogP contribution < -0.4 is 15.5 Å². The molecule has 158 valence electrons. The first kappa shape index (κ1) is 21.3. The molecule has 2 amide bonds. The van der Waals surface area contributed by atoms with Gasteiger partial charge in [0, 0.05) is 43.2 Å². The van der Waals surface area contributed by atoms with Gasteiger partial charge < -0.3 is 25.2 Å². The number of hydrogen-bond acceptors (Lipinski definition) is 6. The van der Waals surface area contributed by atoms with Crippen LogP contribution in [0.4, 0.5) is 17.1 Å². The SMILES string of the molecule is CCOC(=O)c1ccc(NC(=O)C(=O)Nc2ccc(N3CCN(C)CC3)cc2)cc1. The molecule has 8 nitrogen and oxygen atoms in total. The molecule has 0 bridgehead atoms. The van der Waals surface area contributed by atoms with E-state index in [1.165, 1.54) is 12.1 Å². The fraction of sp³-hybridized carbons (Fsp3) is 0.318. The van der Waals surface area contributed by atoms with E-state index in [9.17, 15) is 14.4 Å². The van der Waals surface area contributed by atoms with Gasteiger partial charge >= 0.3 is 17.8 Å². The van der Waals surface area contributed by atoms with Gasteiger partial charge in [0.25, 0.3) is 0 Å². The van der Waals surface area contributed by atoms with E-state index in [1.807, 2.05) is 12.1 Å². The van der Waals surface area contributed by atoms with Gasteiger partial charge in [0.2, 0.25) is 0 Å². The highest BCUT2D eigenvalue weighted by Gasteiger charge is 2.16. The van der Waals surface area contributed by atoms with Crippen molar-refractivity contribution < 1.29 is 19.1 Å². The molecule has 2 N–H and O–H groups in total. The summed E-state index contributed by atoms with van der Waals surface area (Å²) < 4.78 is 4.91. The molecular formula is C22H26N4O4. The third kappa shape index (κ3) is 5.57. The van der Waals surface area contributed by atoms with E-state index in [2.05, 4.69) is 27.5 Å². The van der Waals surface area contributed by atoms with Crippen molar-refractivity contribution in [1.29, 1.82) is 0 Å². The topological polar surface area (TPSA) is 91.0 Å². The van der Waals surface area contributed by atoms with Gasteiger partial charge in [-0.25, -0.2) is 4.79 Å². The lowest BCUT2D eigenvalue weighted by atomic mass is 10.2. The molecule has 3 rings (SSSR count). The van der Waals surface area contributed by atoms with Crippen molar-refractivity contribution >= 4 is 34.8 Å². The molecule has 0 spiro atoms. The number of benzene rings is 2. The second-order valence-corrected chi connectivity index (χ2v) is 7.04. The maximum absolute atomic E-state index is 12.2. The van der Waals surface area contributed by atoms with Crippen LogP contribution in [0.2, 0.25) is 0 Å². The van der Waals surface area contributed by atoms with Gasteiger partial charge in [-0.3, -0.25) is 9.59 Å². The molecule has 0 aromatic heterocycles. The third-order valence-corrected chi connectivity index (χ3v) is 4.85. The summed E-state index contributed by atoms with van der Waals surface area (Å²) in [5, 5.41) is 5.10. The molecule has 0 unspecified atom stereocenters. The Bertz CT molecular complexity index is 888. The van der Waals surface area contributed by atoms with Crippen molar-refractivity contribution in [2.45, 2.75) is 6.92 Å². The predicted octanol–water partition coefficient (Wildman–Crippen LogP) is 2.19. The van der Waals surface area contributed by atoms with Gasteiger partial charge in [-0.2, -0.15) is 0 Å². The third-order valence-electron chi connectivity index (χ3n) is 4.85. The van der Waals surface area contributed by atoms with Crippen molar-refractivity contribution in [3.8, 4) is 0 Å². The molecule has 0 saturated carbocycles. The minimum absolute atomic E-state index is 0.286. The van der Waals surface area contributed by atoms with Crippen molar-refractivity contribution in [1.82, 2.24) is 4.90 Å². The van der Waals surface area contributed by atoms with E-state index >= 15 is 0 Å². The molecule has 1 saturated heterocycles. The number of esters is 1. The van der Waals surface area contributed by atoms with E-state index < -0.39 is 17.8 Å². The fourth-order valence-electron chi connectivity index (χ4n) is 3.10. The largest absolute Gasteiger partial charge is 0.462 e. The predicted molar refractivity (Wildman–Crippen MR) is 116 cm³/mol. The van der Waals surface area contributed by atoms with Crippen LogP contribution in [0.25, 0.3) is 0 Å².